The zero-order valence-corrected chi connectivity index (χ0v) is 7.91. The molecule has 0 heterocycles. The summed E-state index contributed by atoms with van der Waals surface area (Å²) in [5.41, 5.74) is 11.5. The minimum atomic E-state index is -0.388. The van der Waals surface area contributed by atoms with Gasteiger partial charge in [-0.15, -0.1) is 0 Å². The molecule has 0 aromatic heterocycles. The number of rotatable bonds is 4. The standard InChI is InChI=1S/C10H15FN2O/c11-7-3-4-10(14)8(6-7)9(13)2-1-5-12/h3-4,6,9,14H,1-2,5,12-13H2/t9-/m0/s1. The van der Waals surface area contributed by atoms with Crippen LogP contribution in [0.1, 0.15) is 24.4 Å². The fraction of sp³-hybridized carbons (Fsp3) is 0.400. The Morgan fingerprint density at radius 2 is 2.14 bits per heavy atom. The molecule has 0 spiro atoms. The second kappa shape index (κ2) is 4.93. The lowest BCUT2D eigenvalue weighted by Crippen LogP contribution is -2.12. The lowest BCUT2D eigenvalue weighted by Gasteiger charge is -2.12. The molecule has 0 saturated heterocycles. The molecule has 0 unspecified atom stereocenters. The van der Waals surface area contributed by atoms with E-state index in [0.29, 0.717) is 18.5 Å². The normalized spacial score (nSPS) is 12.8. The van der Waals surface area contributed by atoms with E-state index < -0.39 is 0 Å². The molecule has 1 rings (SSSR count). The second-order valence-electron chi connectivity index (χ2n) is 3.24. The molecule has 1 aromatic rings. The summed E-state index contributed by atoms with van der Waals surface area (Å²) in [5, 5.41) is 9.43. The molecule has 14 heavy (non-hydrogen) atoms. The lowest BCUT2D eigenvalue weighted by atomic mass is 10.0. The van der Waals surface area contributed by atoms with Gasteiger partial charge < -0.3 is 16.6 Å². The highest BCUT2D eigenvalue weighted by Crippen LogP contribution is 2.25. The Morgan fingerprint density at radius 3 is 2.79 bits per heavy atom. The van der Waals surface area contributed by atoms with Crippen LogP contribution in [-0.4, -0.2) is 11.7 Å². The molecule has 78 valence electrons. The molecule has 1 atom stereocenters. The van der Waals surface area contributed by atoms with Gasteiger partial charge in [0, 0.05) is 11.6 Å². The number of nitrogens with two attached hydrogens (primary N) is 2. The number of aromatic hydroxyl groups is 1. The van der Waals surface area contributed by atoms with Crippen molar-refractivity contribution in [3.05, 3.63) is 29.6 Å². The summed E-state index contributed by atoms with van der Waals surface area (Å²) in [5.74, 6) is -0.350. The Morgan fingerprint density at radius 1 is 1.43 bits per heavy atom. The Hall–Kier alpha value is -1.13. The van der Waals surface area contributed by atoms with Gasteiger partial charge in [0.2, 0.25) is 0 Å². The highest BCUT2D eigenvalue weighted by atomic mass is 19.1. The Labute approximate surface area is 82.5 Å². The molecule has 0 fully saturated rings. The summed E-state index contributed by atoms with van der Waals surface area (Å²) in [4.78, 5) is 0. The van der Waals surface area contributed by atoms with Crippen molar-refractivity contribution in [2.75, 3.05) is 6.54 Å². The number of hydrogen-bond acceptors (Lipinski definition) is 3. The van der Waals surface area contributed by atoms with Gasteiger partial charge in [-0.25, -0.2) is 4.39 Å². The van der Waals surface area contributed by atoms with Crippen molar-refractivity contribution in [3.63, 3.8) is 0 Å². The quantitative estimate of drug-likeness (QED) is 0.682. The molecule has 3 nitrogen and oxygen atoms in total. The van der Waals surface area contributed by atoms with E-state index >= 15 is 0 Å². The number of phenolic OH excluding ortho intramolecular Hbond substituents is 1. The molecule has 4 heteroatoms. The minimum Gasteiger partial charge on any atom is -0.508 e. The third-order valence-corrected chi connectivity index (χ3v) is 2.11. The summed E-state index contributed by atoms with van der Waals surface area (Å²) in [7, 11) is 0. The minimum absolute atomic E-state index is 0.0379. The number of benzene rings is 1. The zero-order valence-electron chi connectivity index (χ0n) is 7.91. The van der Waals surface area contributed by atoms with Gasteiger partial charge in [0.25, 0.3) is 0 Å². The topological polar surface area (TPSA) is 72.3 Å². The van der Waals surface area contributed by atoms with Crippen LogP contribution in [0.25, 0.3) is 0 Å². The molecule has 0 radical (unpaired) electrons. The molecule has 0 saturated carbocycles. The molecule has 0 aliphatic rings. The van der Waals surface area contributed by atoms with E-state index in [1.807, 2.05) is 0 Å². The second-order valence-corrected chi connectivity index (χ2v) is 3.24. The summed E-state index contributed by atoms with van der Waals surface area (Å²) in [6, 6.07) is 3.42. The van der Waals surface area contributed by atoms with Crippen molar-refractivity contribution in [2.24, 2.45) is 11.5 Å². The predicted molar refractivity (Wildman–Crippen MR) is 53.3 cm³/mol. The molecule has 0 aliphatic carbocycles. The highest BCUT2D eigenvalue weighted by molar-refractivity contribution is 5.34. The van der Waals surface area contributed by atoms with E-state index in [-0.39, 0.29) is 17.6 Å². The van der Waals surface area contributed by atoms with Crippen LogP contribution in [0, 0.1) is 5.82 Å². The van der Waals surface area contributed by atoms with Crippen LogP contribution in [0.15, 0.2) is 18.2 Å². The molecule has 1 aromatic carbocycles. The first-order valence-corrected chi connectivity index (χ1v) is 4.59. The van der Waals surface area contributed by atoms with Gasteiger partial charge in [0.05, 0.1) is 0 Å². The summed E-state index contributed by atoms with van der Waals surface area (Å²) in [6.45, 7) is 0.545. The highest BCUT2D eigenvalue weighted by Gasteiger charge is 2.11. The SMILES string of the molecule is NCCC[C@H](N)c1cc(F)ccc1O. The van der Waals surface area contributed by atoms with Crippen LogP contribution in [0.4, 0.5) is 4.39 Å². The van der Waals surface area contributed by atoms with E-state index in [4.69, 9.17) is 11.5 Å². The van der Waals surface area contributed by atoms with Crippen LogP contribution >= 0.6 is 0 Å². The fourth-order valence-electron chi connectivity index (χ4n) is 1.32. The molecular formula is C10H15FN2O. The van der Waals surface area contributed by atoms with E-state index in [1.54, 1.807) is 0 Å². The average Bonchev–Trinajstić information content (AvgIpc) is 2.18. The van der Waals surface area contributed by atoms with Gasteiger partial charge in [-0.3, -0.25) is 0 Å². The van der Waals surface area contributed by atoms with E-state index in [1.165, 1.54) is 18.2 Å². The number of halogens is 1. The predicted octanol–water partition coefficient (Wildman–Crippen LogP) is 1.27. The maximum atomic E-state index is 12.8. The zero-order chi connectivity index (χ0) is 10.6. The van der Waals surface area contributed by atoms with Crippen molar-refractivity contribution >= 4 is 0 Å². The summed E-state index contributed by atoms with van der Waals surface area (Å²) in [6.07, 6.45) is 1.41. The summed E-state index contributed by atoms with van der Waals surface area (Å²) >= 11 is 0. The van der Waals surface area contributed by atoms with Crippen LogP contribution < -0.4 is 11.5 Å². The van der Waals surface area contributed by atoms with Crippen molar-refractivity contribution in [1.29, 1.82) is 0 Å². The van der Waals surface area contributed by atoms with Crippen LogP contribution in [0.2, 0.25) is 0 Å². The smallest absolute Gasteiger partial charge is 0.123 e. The van der Waals surface area contributed by atoms with Gasteiger partial charge in [0.1, 0.15) is 11.6 Å². The largest absolute Gasteiger partial charge is 0.508 e. The molecule has 0 amide bonds. The monoisotopic (exact) mass is 198 g/mol. The Bertz CT molecular complexity index is 304. The van der Waals surface area contributed by atoms with Crippen molar-refractivity contribution in [2.45, 2.75) is 18.9 Å². The first-order chi connectivity index (χ1) is 6.65. The molecule has 0 aliphatic heterocycles. The molecule has 0 bridgehead atoms. The summed E-state index contributed by atoms with van der Waals surface area (Å²) < 4.78 is 12.8. The molecule has 5 N–H and O–H groups in total. The third kappa shape index (κ3) is 2.68. The van der Waals surface area contributed by atoms with Gasteiger partial charge >= 0.3 is 0 Å². The molecular weight excluding hydrogens is 183 g/mol. The fourth-order valence-corrected chi connectivity index (χ4v) is 1.32. The van der Waals surface area contributed by atoms with Gasteiger partial charge in [-0.2, -0.15) is 0 Å². The van der Waals surface area contributed by atoms with Gasteiger partial charge in [-0.05, 0) is 37.6 Å². The average molecular weight is 198 g/mol. The maximum absolute atomic E-state index is 12.8. The van der Waals surface area contributed by atoms with Crippen LogP contribution in [0.3, 0.4) is 0 Å². The third-order valence-electron chi connectivity index (χ3n) is 2.11. The Balaban J connectivity index is 2.77. The maximum Gasteiger partial charge on any atom is 0.123 e. The number of phenols is 1. The Kier molecular flexibility index (Phi) is 3.85. The van der Waals surface area contributed by atoms with Gasteiger partial charge in [-0.1, -0.05) is 0 Å². The van der Waals surface area contributed by atoms with Crippen molar-refractivity contribution in [3.8, 4) is 5.75 Å². The first kappa shape index (κ1) is 10.9. The van der Waals surface area contributed by atoms with Crippen LogP contribution in [0.5, 0.6) is 5.75 Å². The van der Waals surface area contributed by atoms with Gasteiger partial charge in [0.15, 0.2) is 0 Å². The lowest BCUT2D eigenvalue weighted by molar-refractivity contribution is 0.454. The van der Waals surface area contributed by atoms with E-state index in [2.05, 4.69) is 0 Å². The van der Waals surface area contributed by atoms with E-state index in [0.717, 1.165) is 6.42 Å². The van der Waals surface area contributed by atoms with Crippen LogP contribution in [-0.2, 0) is 0 Å². The number of hydrogen-bond donors (Lipinski definition) is 3. The van der Waals surface area contributed by atoms with Crippen molar-refractivity contribution < 1.29 is 9.50 Å². The van der Waals surface area contributed by atoms with Crippen molar-refractivity contribution in [1.82, 2.24) is 0 Å². The first-order valence-electron chi connectivity index (χ1n) is 4.59. The van der Waals surface area contributed by atoms with E-state index in [9.17, 15) is 9.50 Å².